The summed E-state index contributed by atoms with van der Waals surface area (Å²) in [5, 5.41) is 4.54. The number of rotatable bonds is 12. The van der Waals surface area contributed by atoms with Crippen molar-refractivity contribution >= 4 is 29.5 Å². The van der Waals surface area contributed by atoms with Crippen molar-refractivity contribution in [2.45, 2.75) is 71.1 Å². The van der Waals surface area contributed by atoms with Gasteiger partial charge in [0.15, 0.2) is 0 Å². The van der Waals surface area contributed by atoms with Gasteiger partial charge in [-0.2, -0.15) is 0 Å². The fourth-order valence-electron chi connectivity index (χ4n) is 4.53. The Morgan fingerprint density at radius 3 is 2.44 bits per heavy atom. The fourth-order valence-corrected chi connectivity index (χ4v) is 4.71. The molecule has 0 bridgehead atoms. The van der Waals surface area contributed by atoms with Crippen LogP contribution in [0.3, 0.4) is 0 Å². The standard InChI is InChI=1S/C29H36ClN3O/c1-3-4-5-6-7-8-9-10-11-12-23-14-15-24(31-23)19-28-29(34-2)20-27(33-28)26-18-21-17-22(30)13-16-25(21)32-26/h13-20,31,33H,3-12H2,1-2H3. The SMILES string of the molecule is CCCCCCCCCCCc1ccc(C=c2[nH]c(=C3C=c4cc(Cl)ccc4=N3)cc2OC)[nH]1. The maximum absolute atomic E-state index is 6.13. The Morgan fingerprint density at radius 1 is 0.912 bits per heavy atom. The second-order valence-electron chi connectivity index (χ2n) is 9.17. The first-order valence-corrected chi connectivity index (χ1v) is 13.1. The van der Waals surface area contributed by atoms with Crippen molar-refractivity contribution < 1.29 is 4.74 Å². The third kappa shape index (κ3) is 6.44. The summed E-state index contributed by atoms with van der Waals surface area (Å²) >= 11 is 6.13. The molecule has 3 heterocycles. The van der Waals surface area contributed by atoms with Crippen molar-refractivity contribution in [3.05, 3.63) is 74.1 Å². The number of unbranched alkanes of at least 4 members (excludes halogenated alkanes) is 8. The van der Waals surface area contributed by atoms with Gasteiger partial charge in [0, 0.05) is 27.7 Å². The van der Waals surface area contributed by atoms with E-state index in [1.54, 1.807) is 7.11 Å². The molecule has 0 atom stereocenters. The summed E-state index contributed by atoms with van der Waals surface area (Å²) in [6.45, 7) is 2.27. The van der Waals surface area contributed by atoms with Crippen molar-refractivity contribution in [2.24, 2.45) is 4.99 Å². The molecule has 2 aromatic heterocycles. The third-order valence-corrected chi connectivity index (χ3v) is 6.68. The molecule has 0 aliphatic carbocycles. The van der Waals surface area contributed by atoms with Gasteiger partial charge < -0.3 is 14.7 Å². The summed E-state index contributed by atoms with van der Waals surface area (Å²) in [7, 11) is 1.70. The monoisotopic (exact) mass is 477 g/mol. The molecule has 0 unspecified atom stereocenters. The van der Waals surface area contributed by atoms with Crippen molar-refractivity contribution in [3.63, 3.8) is 0 Å². The molecular weight excluding hydrogens is 442 g/mol. The molecule has 0 radical (unpaired) electrons. The van der Waals surface area contributed by atoms with Crippen LogP contribution in [-0.2, 0) is 6.42 Å². The van der Waals surface area contributed by atoms with Crippen LogP contribution >= 0.6 is 11.6 Å². The van der Waals surface area contributed by atoms with Gasteiger partial charge in [0.25, 0.3) is 0 Å². The minimum Gasteiger partial charge on any atom is -0.494 e. The van der Waals surface area contributed by atoms with Gasteiger partial charge in [-0.05, 0) is 55.3 Å². The highest BCUT2D eigenvalue weighted by Crippen LogP contribution is 2.13. The second-order valence-corrected chi connectivity index (χ2v) is 9.61. The molecule has 2 N–H and O–H groups in total. The van der Waals surface area contributed by atoms with E-state index < -0.39 is 0 Å². The molecule has 34 heavy (non-hydrogen) atoms. The van der Waals surface area contributed by atoms with Crippen LogP contribution in [0, 0.1) is 0 Å². The normalized spacial score (nSPS) is 14.7. The lowest BCUT2D eigenvalue weighted by molar-refractivity contribution is 0.412. The summed E-state index contributed by atoms with van der Waals surface area (Å²) in [6, 6.07) is 12.1. The van der Waals surface area contributed by atoms with Crippen LogP contribution in [0.15, 0.2) is 41.4 Å². The second kappa shape index (κ2) is 12.1. The van der Waals surface area contributed by atoms with Crippen LogP contribution in [0.5, 0.6) is 5.75 Å². The van der Waals surface area contributed by atoms with Crippen molar-refractivity contribution in [1.82, 2.24) is 9.97 Å². The smallest absolute Gasteiger partial charge is 0.144 e. The Morgan fingerprint density at radius 2 is 1.68 bits per heavy atom. The molecule has 3 aromatic rings. The number of halogens is 1. The predicted molar refractivity (Wildman–Crippen MR) is 142 cm³/mol. The minimum absolute atomic E-state index is 0.717. The van der Waals surface area contributed by atoms with Gasteiger partial charge >= 0.3 is 0 Å². The van der Waals surface area contributed by atoms with Gasteiger partial charge in [-0.25, -0.2) is 4.99 Å². The summed E-state index contributed by atoms with van der Waals surface area (Å²) in [5.74, 6) is 0.801. The number of H-pyrrole nitrogens is 2. The molecule has 0 fully saturated rings. The number of aryl methyl sites for hydroxylation is 1. The van der Waals surface area contributed by atoms with Crippen molar-refractivity contribution in [2.75, 3.05) is 7.11 Å². The van der Waals surface area contributed by atoms with Crippen LogP contribution in [0.2, 0.25) is 5.02 Å². The number of hydrogen-bond donors (Lipinski definition) is 2. The molecule has 0 saturated heterocycles. The number of aromatic amines is 2. The minimum atomic E-state index is 0.717. The van der Waals surface area contributed by atoms with Gasteiger partial charge in [0.2, 0.25) is 0 Å². The predicted octanol–water partition coefficient (Wildman–Crippen LogP) is 5.13. The zero-order valence-electron chi connectivity index (χ0n) is 20.4. The van der Waals surface area contributed by atoms with Crippen LogP contribution < -0.4 is 26.0 Å². The Balaban J connectivity index is 1.38. The van der Waals surface area contributed by atoms with E-state index in [0.29, 0.717) is 0 Å². The largest absolute Gasteiger partial charge is 0.494 e. The number of aromatic nitrogens is 2. The van der Waals surface area contributed by atoms with Crippen LogP contribution in [-0.4, -0.2) is 17.1 Å². The Labute approximate surface area is 207 Å². The molecule has 1 aliphatic heterocycles. The Bertz CT molecular complexity index is 1330. The first-order chi connectivity index (χ1) is 16.7. The molecule has 5 heteroatoms. The molecule has 4 nitrogen and oxygen atoms in total. The van der Waals surface area contributed by atoms with Gasteiger partial charge in [-0.3, -0.25) is 0 Å². The molecule has 1 aliphatic rings. The molecule has 1 aromatic carbocycles. The van der Waals surface area contributed by atoms with E-state index in [9.17, 15) is 0 Å². The van der Waals surface area contributed by atoms with Gasteiger partial charge in [0.05, 0.1) is 28.9 Å². The third-order valence-electron chi connectivity index (χ3n) is 6.45. The van der Waals surface area contributed by atoms with Crippen molar-refractivity contribution in [1.29, 1.82) is 0 Å². The maximum Gasteiger partial charge on any atom is 0.144 e. The quantitative estimate of drug-likeness (QED) is 0.349. The van der Waals surface area contributed by atoms with Crippen molar-refractivity contribution in [3.8, 4) is 5.75 Å². The summed E-state index contributed by atoms with van der Waals surface area (Å²) in [6.07, 6.45) is 17.4. The number of fused-ring (bicyclic) bond motifs is 1. The molecule has 180 valence electrons. The molecule has 0 saturated carbocycles. The molecule has 0 amide bonds. The number of methoxy groups -OCH3 is 1. The Hall–Kier alpha value is -2.72. The number of hydrogen-bond acceptors (Lipinski definition) is 2. The summed E-state index contributed by atoms with van der Waals surface area (Å²) in [4.78, 5) is 11.8. The van der Waals surface area contributed by atoms with Crippen LogP contribution in [0.1, 0.15) is 76.1 Å². The zero-order chi connectivity index (χ0) is 23.8. The maximum atomic E-state index is 6.13. The highest BCUT2D eigenvalue weighted by molar-refractivity contribution is 6.30. The topological polar surface area (TPSA) is 53.2 Å². The number of nitrogens with zero attached hydrogens (tertiary/aromatic N) is 1. The lowest BCUT2D eigenvalue weighted by Gasteiger charge is -2.01. The first kappa shape index (κ1) is 24.4. The van der Waals surface area contributed by atoms with Crippen LogP contribution in [0.4, 0.5) is 0 Å². The zero-order valence-corrected chi connectivity index (χ0v) is 21.2. The van der Waals surface area contributed by atoms with E-state index in [1.165, 1.54) is 63.5 Å². The van der Waals surface area contributed by atoms with E-state index in [-0.39, 0.29) is 0 Å². The number of ether oxygens (including phenoxy) is 1. The summed E-state index contributed by atoms with van der Waals surface area (Å²) in [5.41, 5.74) is 3.25. The van der Waals surface area contributed by atoms with E-state index in [1.807, 2.05) is 30.3 Å². The highest BCUT2D eigenvalue weighted by atomic mass is 35.5. The molecule has 4 rings (SSSR count). The lowest BCUT2D eigenvalue weighted by Crippen LogP contribution is -2.20. The summed E-state index contributed by atoms with van der Waals surface area (Å²) < 4.78 is 5.63. The Kier molecular flexibility index (Phi) is 8.70. The lowest BCUT2D eigenvalue weighted by atomic mass is 10.1. The van der Waals surface area contributed by atoms with Gasteiger partial charge in [0.1, 0.15) is 5.75 Å². The number of benzene rings is 1. The van der Waals surface area contributed by atoms with E-state index in [4.69, 9.17) is 21.3 Å². The van der Waals surface area contributed by atoms with Crippen LogP contribution in [0.25, 0.3) is 17.8 Å². The van der Waals surface area contributed by atoms with Gasteiger partial charge in [-0.15, -0.1) is 0 Å². The number of nitrogens with one attached hydrogen (secondary N) is 2. The van der Waals surface area contributed by atoms with E-state index >= 15 is 0 Å². The fraction of sp³-hybridized carbons (Fsp3) is 0.414. The van der Waals surface area contributed by atoms with E-state index in [2.05, 4.69) is 35.1 Å². The molecular formula is C29H36ClN3O. The highest BCUT2D eigenvalue weighted by Gasteiger charge is 2.07. The molecule has 0 spiro atoms. The average molecular weight is 478 g/mol. The first-order valence-electron chi connectivity index (χ1n) is 12.7. The van der Waals surface area contributed by atoms with E-state index in [0.717, 1.165) is 49.9 Å². The van der Waals surface area contributed by atoms with Gasteiger partial charge in [-0.1, -0.05) is 69.9 Å². The average Bonchev–Trinajstić information content (AvgIpc) is 3.56.